The number of likely N-dealkylation sites (tertiary alicyclic amines) is 1. The predicted octanol–water partition coefficient (Wildman–Crippen LogP) is 4.13. The molecule has 5 rings (SSSR count). The van der Waals surface area contributed by atoms with Gasteiger partial charge in [-0.2, -0.15) is 0 Å². The number of nitrogens with zero attached hydrogens (tertiary/aromatic N) is 3. The fraction of sp³-hybridized carbons (Fsp3) is 0.600. The Morgan fingerprint density at radius 2 is 1.78 bits per heavy atom. The van der Waals surface area contributed by atoms with E-state index in [0.29, 0.717) is 22.9 Å². The predicted molar refractivity (Wildman–Crippen MR) is 175 cm³/mol. The lowest BCUT2D eigenvalue weighted by molar-refractivity contribution is -0.164. The van der Waals surface area contributed by atoms with Crippen molar-refractivity contribution in [2.45, 2.75) is 102 Å². The van der Waals surface area contributed by atoms with Gasteiger partial charge in [-0.25, -0.2) is 0 Å². The van der Waals surface area contributed by atoms with Crippen molar-refractivity contribution in [2.75, 3.05) is 20.2 Å². The summed E-state index contributed by atoms with van der Waals surface area (Å²) < 4.78 is 13.5. The normalized spacial score (nSPS) is 34.0. The molecule has 46 heavy (non-hydrogen) atoms. The SMILES string of the molecule is CCCC(C)N1C/C=C\CCC(=O)N(C)[C@H](C)[C@@H](c2ccccc2)OC(=O)[C@@H]2[C@H]3O[C@@]4(C=C3Br)[C@H](C1=O)N([C@@H](CC)CO)C(=O)[C@@H]24. The van der Waals surface area contributed by atoms with Gasteiger partial charge in [0, 0.05) is 30.5 Å². The lowest BCUT2D eigenvalue weighted by Gasteiger charge is -2.40. The van der Waals surface area contributed by atoms with Crippen LogP contribution < -0.4 is 0 Å². The third kappa shape index (κ3) is 5.83. The molecule has 1 N–H and O–H groups in total. The number of allylic oxidation sites excluding steroid dienone is 1. The van der Waals surface area contributed by atoms with E-state index in [1.807, 2.05) is 63.3 Å². The number of rotatable bonds is 7. The second kappa shape index (κ2) is 14.0. The molecule has 1 aromatic carbocycles. The number of esters is 1. The van der Waals surface area contributed by atoms with E-state index in [1.54, 1.807) is 22.9 Å². The van der Waals surface area contributed by atoms with E-state index in [2.05, 4.69) is 22.9 Å². The molecule has 0 aliphatic carbocycles. The number of halogens is 1. The van der Waals surface area contributed by atoms with E-state index in [4.69, 9.17) is 9.47 Å². The largest absolute Gasteiger partial charge is 0.455 e. The highest BCUT2D eigenvalue weighted by molar-refractivity contribution is 9.11. The maximum absolute atomic E-state index is 14.8. The second-order valence-electron chi connectivity index (χ2n) is 13.0. The number of aliphatic hydroxyl groups excluding tert-OH is 1. The Bertz CT molecular complexity index is 1380. The van der Waals surface area contributed by atoms with E-state index in [9.17, 15) is 24.3 Å². The Morgan fingerprint density at radius 1 is 1.07 bits per heavy atom. The van der Waals surface area contributed by atoms with Gasteiger partial charge in [-0.05, 0) is 44.7 Å². The molecule has 2 fully saturated rings. The summed E-state index contributed by atoms with van der Waals surface area (Å²) in [6.45, 7) is 7.69. The minimum absolute atomic E-state index is 0.0990. The van der Waals surface area contributed by atoms with Crippen molar-refractivity contribution in [3.63, 3.8) is 0 Å². The van der Waals surface area contributed by atoms with Gasteiger partial charge in [0.05, 0.1) is 24.6 Å². The molecule has 1 unspecified atom stereocenters. The quantitative estimate of drug-likeness (QED) is 0.336. The van der Waals surface area contributed by atoms with Gasteiger partial charge in [0.1, 0.15) is 29.8 Å². The van der Waals surface area contributed by atoms with Crippen molar-refractivity contribution in [2.24, 2.45) is 11.8 Å². The van der Waals surface area contributed by atoms with Gasteiger partial charge in [0.25, 0.3) is 0 Å². The van der Waals surface area contributed by atoms with Gasteiger partial charge in [-0.1, -0.05) is 78.7 Å². The number of fused-ring (bicyclic) bond motifs is 2. The van der Waals surface area contributed by atoms with Crippen LogP contribution in [0.2, 0.25) is 0 Å². The van der Waals surface area contributed by atoms with E-state index in [-0.39, 0.29) is 37.4 Å². The number of hydrogen-bond acceptors (Lipinski definition) is 7. The number of aliphatic hydroxyl groups is 1. The molecular formula is C35H46BrN3O7. The number of hydrogen-bond donors (Lipinski definition) is 1. The Hall–Kier alpha value is -3.02. The zero-order valence-electron chi connectivity index (χ0n) is 27.3. The summed E-state index contributed by atoms with van der Waals surface area (Å²) >= 11 is 3.61. The molecule has 3 amide bonds. The summed E-state index contributed by atoms with van der Waals surface area (Å²) in [7, 11) is 1.71. The highest BCUT2D eigenvalue weighted by Crippen LogP contribution is 2.59. The lowest BCUT2D eigenvalue weighted by atomic mass is 9.74. The highest BCUT2D eigenvalue weighted by Gasteiger charge is 2.75. The topological polar surface area (TPSA) is 117 Å². The maximum Gasteiger partial charge on any atom is 0.313 e. The van der Waals surface area contributed by atoms with Crippen LogP contribution in [-0.4, -0.2) is 99.6 Å². The van der Waals surface area contributed by atoms with E-state index in [1.165, 1.54) is 4.90 Å². The zero-order chi connectivity index (χ0) is 33.3. The number of benzene rings is 1. The molecule has 0 radical (unpaired) electrons. The number of cyclic esters (lactones) is 1. The molecule has 0 saturated carbocycles. The number of carbonyl (C=O) groups is 4. The summed E-state index contributed by atoms with van der Waals surface area (Å²) in [5.74, 6) is -3.50. The first kappa shape index (κ1) is 34.3. The van der Waals surface area contributed by atoms with Crippen LogP contribution in [0.4, 0.5) is 0 Å². The average molecular weight is 701 g/mol. The minimum atomic E-state index is -1.42. The van der Waals surface area contributed by atoms with E-state index in [0.717, 1.165) is 12.8 Å². The van der Waals surface area contributed by atoms with Crippen LogP contribution >= 0.6 is 15.9 Å². The first-order chi connectivity index (χ1) is 22.0. The van der Waals surface area contributed by atoms with Crippen LogP contribution in [-0.2, 0) is 28.7 Å². The van der Waals surface area contributed by atoms with Crippen molar-refractivity contribution in [3.8, 4) is 0 Å². The molecule has 1 spiro atoms. The van der Waals surface area contributed by atoms with Crippen molar-refractivity contribution in [3.05, 3.63) is 58.6 Å². The number of ether oxygens (including phenoxy) is 2. The Balaban J connectivity index is 1.65. The summed E-state index contributed by atoms with van der Waals surface area (Å²) in [5, 5.41) is 10.4. The highest BCUT2D eigenvalue weighted by atomic mass is 79.9. The molecule has 5 bridgehead atoms. The lowest BCUT2D eigenvalue weighted by Crippen LogP contribution is -2.59. The molecule has 0 aromatic heterocycles. The van der Waals surface area contributed by atoms with Crippen LogP contribution in [0.15, 0.2) is 53.0 Å². The van der Waals surface area contributed by atoms with Crippen LogP contribution in [0.25, 0.3) is 0 Å². The summed E-state index contributed by atoms with van der Waals surface area (Å²) in [4.78, 5) is 61.9. The molecule has 4 aliphatic rings. The van der Waals surface area contributed by atoms with Gasteiger partial charge in [0.15, 0.2) is 0 Å². The molecule has 2 saturated heterocycles. The fourth-order valence-corrected chi connectivity index (χ4v) is 8.38. The van der Waals surface area contributed by atoms with Crippen molar-refractivity contribution >= 4 is 39.6 Å². The number of likely N-dealkylation sites (N-methyl/N-ethyl adjacent to an activating group) is 1. The Labute approximate surface area is 279 Å². The van der Waals surface area contributed by atoms with Gasteiger partial charge in [-0.15, -0.1) is 0 Å². The monoisotopic (exact) mass is 699 g/mol. The molecule has 9 atom stereocenters. The summed E-state index contributed by atoms with van der Waals surface area (Å²) in [6, 6.07) is 6.86. The van der Waals surface area contributed by atoms with Crippen LogP contribution in [0.1, 0.15) is 71.5 Å². The van der Waals surface area contributed by atoms with E-state index < -0.39 is 59.6 Å². The number of carbonyl (C=O) groups excluding carboxylic acids is 4. The van der Waals surface area contributed by atoms with Crippen LogP contribution in [0.5, 0.6) is 0 Å². The zero-order valence-corrected chi connectivity index (χ0v) is 28.9. The summed E-state index contributed by atoms with van der Waals surface area (Å²) in [5.41, 5.74) is -0.708. The van der Waals surface area contributed by atoms with Crippen LogP contribution in [0.3, 0.4) is 0 Å². The first-order valence-corrected chi connectivity index (χ1v) is 17.3. The third-order valence-corrected chi connectivity index (χ3v) is 11.0. The van der Waals surface area contributed by atoms with Crippen molar-refractivity contribution in [1.29, 1.82) is 0 Å². The van der Waals surface area contributed by atoms with Crippen molar-refractivity contribution < 1.29 is 33.8 Å². The molecule has 10 nitrogen and oxygen atoms in total. The molecule has 250 valence electrons. The molecule has 4 aliphatic heterocycles. The maximum atomic E-state index is 14.8. The standard InChI is InChI=1S/C35H46BrN3O7/c1-6-14-21(3)38-18-13-9-12-17-26(41)37(5)22(4)29(23-15-10-8-11-16-23)45-34(44)27-28-32(42)39(24(7-2)20-40)31(33(38)43)35(28)19-25(36)30(27)46-35/h8-11,13,15-16,19,21-22,24,27-31,40H,6-7,12,14,17-18,20H2,1-5H3/b13-9-/t21?,22-,24+,27+,28-,29+,30+,31+,35-/m1/s1. The van der Waals surface area contributed by atoms with Gasteiger partial charge < -0.3 is 29.3 Å². The molecule has 1 aromatic rings. The number of amides is 3. The third-order valence-electron chi connectivity index (χ3n) is 10.3. The molecule has 11 heteroatoms. The van der Waals surface area contributed by atoms with E-state index >= 15 is 0 Å². The fourth-order valence-electron chi connectivity index (χ4n) is 7.64. The Morgan fingerprint density at radius 3 is 2.43 bits per heavy atom. The first-order valence-electron chi connectivity index (χ1n) is 16.5. The van der Waals surface area contributed by atoms with Gasteiger partial charge in [-0.3, -0.25) is 19.2 Å². The molecular weight excluding hydrogens is 654 g/mol. The molecule has 4 heterocycles. The summed E-state index contributed by atoms with van der Waals surface area (Å²) in [6.07, 6.45) is 6.70. The van der Waals surface area contributed by atoms with Crippen LogP contribution in [0, 0.1) is 11.8 Å². The average Bonchev–Trinajstić information content (AvgIpc) is 3.64. The Kier molecular flexibility index (Phi) is 10.4. The van der Waals surface area contributed by atoms with Gasteiger partial charge in [0.2, 0.25) is 17.7 Å². The second-order valence-corrected chi connectivity index (χ2v) is 13.9. The smallest absolute Gasteiger partial charge is 0.313 e. The van der Waals surface area contributed by atoms with Crippen molar-refractivity contribution in [1.82, 2.24) is 14.7 Å². The minimum Gasteiger partial charge on any atom is -0.455 e. The van der Waals surface area contributed by atoms with Gasteiger partial charge >= 0.3 is 5.97 Å².